The van der Waals surface area contributed by atoms with E-state index in [9.17, 15) is 22.8 Å². The molecule has 1 N–H and O–H groups in total. The number of carbonyl (C=O) groups is 2. The number of halogens is 3. The van der Waals surface area contributed by atoms with E-state index in [-0.39, 0.29) is 23.4 Å². The lowest BCUT2D eigenvalue weighted by Crippen LogP contribution is -2.16. The first-order chi connectivity index (χ1) is 16.3. The Morgan fingerprint density at radius 1 is 1.06 bits per heavy atom. The van der Waals surface area contributed by atoms with E-state index < -0.39 is 23.7 Å². The first-order valence-electron chi connectivity index (χ1n) is 10.2. The number of nitrogens with one attached hydrogen (secondary N) is 1. The zero-order valence-corrected chi connectivity index (χ0v) is 18.6. The van der Waals surface area contributed by atoms with E-state index in [4.69, 9.17) is 4.74 Å². The average Bonchev–Trinajstić information content (AvgIpc) is 3.49. The molecule has 0 aliphatic heterocycles. The summed E-state index contributed by atoms with van der Waals surface area (Å²) in [5.41, 5.74) is 0.407. The number of hydrogen-bond acceptors (Lipinski definition) is 5. The van der Waals surface area contributed by atoms with Gasteiger partial charge >= 0.3 is 12.1 Å². The summed E-state index contributed by atoms with van der Waals surface area (Å²) in [5, 5.41) is 8.18. The van der Waals surface area contributed by atoms with Crippen LogP contribution in [0.4, 0.5) is 18.9 Å². The van der Waals surface area contributed by atoms with Gasteiger partial charge in [-0.05, 0) is 60.8 Å². The number of alkyl halides is 3. The molecule has 34 heavy (non-hydrogen) atoms. The molecular formula is C24H18F3N3O3S. The number of amides is 1. The zero-order valence-electron chi connectivity index (χ0n) is 17.8. The van der Waals surface area contributed by atoms with Crippen LogP contribution < -0.4 is 5.32 Å². The van der Waals surface area contributed by atoms with Gasteiger partial charge in [-0.1, -0.05) is 18.2 Å². The van der Waals surface area contributed by atoms with Crippen molar-refractivity contribution in [1.29, 1.82) is 0 Å². The molecule has 0 saturated carbocycles. The largest absolute Gasteiger partial charge is 0.462 e. The molecule has 2 heterocycles. The second-order valence-electron chi connectivity index (χ2n) is 7.07. The fraction of sp³-hybridized carbons (Fsp3) is 0.125. The van der Waals surface area contributed by atoms with Crippen molar-refractivity contribution < 1.29 is 27.5 Å². The SMILES string of the molecule is CCOC(=O)c1ccccc1NC(=O)c1ccc(-n2nc(C(F)(F)F)cc2-c2cccs2)cc1. The number of carbonyl (C=O) groups excluding carboxylic acids is 2. The number of para-hydroxylation sites is 1. The van der Waals surface area contributed by atoms with Gasteiger partial charge in [-0.25, -0.2) is 9.48 Å². The molecule has 0 atom stereocenters. The van der Waals surface area contributed by atoms with Crippen LogP contribution in [0.25, 0.3) is 16.3 Å². The average molecular weight is 485 g/mol. The van der Waals surface area contributed by atoms with Crippen molar-refractivity contribution in [3.05, 3.63) is 88.9 Å². The molecule has 0 aliphatic carbocycles. The van der Waals surface area contributed by atoms with Crippen LogP contribution in [0.1, 0.15) is 33.3 Å². The molecule has 0 spiro atoms. The van der Waals surface area contributed by atoms with E-state index in [0.717, 1.165) is 6.07 Å². The van der Waals surface area contributed by atoms with Gasteiger partial charge < -0.3 is 10.1 Å². The number of rotatable bonds is 6. The third-order valence-electron chi connectivity index (χ3n) is 4.82. The number of nitrogens with zero attached hydrogens (tertiary/aromatic N) is 2. The molecule has 0 fully saturated rings. The minimum absolute atomic E-state index is 0.194. The predicted octanol–water partition coefficient (Wildman–Crippen LogP) is 6.05. The molecular weight excluding hydrogens is 467 g/mol. The molecule has 2 aromatic heterocycles. The zero-order chi connectivity index (χ0) is 24.3. The Labute approximate surface area is 196 Å². The van der Waals surface area contributed by atoms with Crippen molar-refractivity contribution in [2.75, 3.05) is 11.9 Å². The van der Waals surface area contributed by atoms with Crippen molar-refractivity contribution in [1.82, 2.24) is 9.78 Å². The van der Waals surface area contributed by atoms with Crippen LogP contribution in [0.2, 0.25) is 0 Å². The molecule has 0 saturated heterocycles. The Balaban J connectivity index is 1.61. The van der Waals surface area contributed by atoms with Crippen molar-refractivity contribution >= 4 is 28.9 Å². The predicted molar refractivity (Wildman–Crippen MR) is 122 cm³/mol. The summed E-state index contributed by atoms with van der Waals surface area (Å²) in [7, 11) is 0. The van der Waals surface area contributed by atoms with Gasteiger partial charge in [-0.2, -0.15) is 18.3 Å². The number of hydrogen-bond donors (Lipinski definition) is 1. The topological polar surface area (TPSA) is 73.2 Å². The van der Waals surface area contributed by atoms with Crippen LogP contribution in [0.15, 0.2) is 72.1 Å². The van der Waals surface area contributed by atoms with Gasteiger partial charge in [0.05, 0.1) is 34.1 Å². The fourth-order valence-electron chi connectivity index (χ4n) is 3.24. The highest BCUT2D eigenvalue weighted by atomic mass is 32.1. The van der Waals surface area contributed by atoms with Crippen LogP contribution in [0.3, 0.4) is 0 Å². The lowest BCUT2D eigenvalue weighted by molar-refractivity contribution is -0.141. The quantitative estimate of drug-likeness (QED) is 0.338. The molecule has 6 nitrogen and oxygen atoms in total. The van der Waals surface area contributed by atoms with Crippen LogP contribution in [-0.2, 0) is 10.9 Å². The second kappa shape index (κ2) is 9.52. The molecule has 174 valence electrons. The Morgan fingerprint density at radius 3 is 2.44 bits per heavy atom. The second-order valence-corrected chi connectivity index (χ2v) is 8.02. The highest BCUT2D eigenvalue weighted by Gasteiger charge is 2.35. The monoisotopic (exact) mass is 485 g/mol. The minimum Gasteiger partial charge on any atom is -0.462 e. The first-order valence-corrected chi connectivity index (χ1v) is 11.0. The third kappa shape index (κ3) is 4.86. The number of esters is 1. The summed E-state index contributed by atoms with van der Waals surface area (Å²) < 4.78 is 46.1. The van der Waals surface area contributed by atoms with E-state index >= 15 is 0 Å². The van der Waals surface area contributed by atoms with Gasteiger partial charge in [0.25, 0.3) is 5.91 Å². The van der Waals surface area contributed by atoms with E-state index in [1.165, 1.54) is 40.3 Å². The smallest absolute Gasteiger partial charge is 0.435 e. The van der Waals surface area contributed by atoms with Gasteiger partial charge in [0, 0.05) is 5.56 Å². The maximum atomic E-state index is 13.3. The number of thiophene rings is 1. The molecule has 4 aromatic rings. The summed E-state index contributed by atoms with van der Waals surface area (Å²) in [6.45, 7) is 1.88. The minimum atomic E-state index is -4.59. The highest BCUT2D eigenvalue weighted by Crippen LogP contribution is 2.34. The van der Waals surface area contributed by atoms with Crippen molar-refractivity contribution in [3.8, 4) is 16.3 Å². The molecule has 10 heteroatoms. The summed E-state index contributed by atoms with van der Waals surface area (Å²) in [4.78, 5) is 25.5. The van der Waals surface area contributed by atoms with Crippen LogP contribution in [-0.4, -0.2) is 28.3 Å². The Kier molecular flexibility index (Phi) is 6.51. The number of benzene rings is 2. The summed E-state index contributed by atoms with van der Waals surface area (Å²) in [6, 6.07) is 16.9. The number of ether oxygens (including phenoxy) is 1. The lowest BCUT2D eigenvalue weighted by Gasteiger charge is -2.11. The molecule has 0 bridgehead atoms. The van der Waals surface area contributed by atoms with E-state index in [0.29, 0.717) is 16.3 Å². The first kappa shape index (κ1) is 23.2. The molecule has 2 aromatic carbocycles. The molecule has 0 radical (unpaired) electrons. The van der Waals surface area contributed by atoms with Gasteiger partial charge in [0.2, 0.25) is 0 Å². The summed E-state index contributed by atoms with van der Waals surface area (Å²) in [6.07, 6.45) is -4.59. The Hall–Kier alpha value is -3.92. The standard InChI is InChI=1S/C24H18F3N3O3S/c1-2-33-23(32)17-6-3-4-7-18(17)28-22(31)15-9-11-16(12-10-15)30-19(20-8-5-13-34-20)14-21(29-30)24(25,26)27/h3-14H,2H2,1H3,(H,28,31). The van der Waals surface area contributed by atoms with Gasteiger partial charge in [-0.3, -0.25) is 4.79 Å². The fourth-order valence-corrected chi connectivity index (χ4v) is 3.97. The van der Waals surface area contributed by atoms with Gasteiger partial charge in [0.1, 0.15) is 0 Å². The van der Waals surface area contributed by atoms with Crippen LogP contribution in [0.5, 0.6) is 0 Å². The van der Waals surface area contributed by atoms with E-state index in [2.05, 4.69) is 10.4 Å². The van der Waals surface area contributed by atoms with Crippen molar-refractivity contribution in [2.45, 2.75) is 13.1 Å². The molecule has 4 rings (SSSR count). The Morgan fingerprint density at radius 2 is 1.79 bits per heavy atom. The summed E-state index contributed by atoms with van der Waals surface area (Å²) >= 11 is 1.30. The van der Waals surface area contributed by atoms with Gasteiger partial charge in [0.15, 0.2) is 5.69 Å². The third-order valence-corrected chi connectivity index (χ3v) is 5.71. The van der Waals surface area contributed by atoms with E-state index in [1.807, 2.05) is 0 Å². The van der Waals surface area contributed by atoms with Crippen LogP contribution in [0, 0.1) is 0 Å². The molecule has 1 amide bonds. The highest BCUT2D eigenvalue weighted by molar-refractivity contribution is 7.13. The van der Waals surface area contributed by atoms with Crippen LogP contribution >= 0.6 is 11.3 Å². The number of aromatic nitrogens is 2. The van der Waals surface area contributed by atoms with Crippen molar-refractivity contribution in [3.63, 3.8) is 0 Å². The maximum Gasteiger partial charge on any atom is 0.435 e. The Bertz CT molecular complexity index is 1310. The lowest BCUT2D eigenvalue weighted by atomic mass is 10.1. The van der Waals surface area contributed by atoms with Crippen molar-refractivity contribution in [2.24, 2.45) is 0 Å². The van der Waals surface area contributed by atoms with Gasteiger partial charge in [-0.15, -0.1) is 11.3 Å². The van der Waals surface area contributed by atoms with E-state index in [1.54, 1.807) is 48.7 Å². The molecule has 0 aliphatic rings. The number of anilines is 1. The maximum absolute atomic E-state index is 13.3. The molecule has 0 unspecified atom stereocenters. The normalized spacial score (nSPS) is 11.3. The summed E-state index contributed by atoms with van der Waals surface area (Å²) in [5.74, 6) is -1.05.